The fourth-order valence-corrected chi connectivity index (χ4v) is 1.01. The monoisotopic (exact) mass is 233 g/mol. The first-order chi connectivity index (χ1) is 7.09. The molecule has 0 saturated carbocycles. The van der Waals surface area contributed by atoms with Crippen LogP contribution in [0.4, 0.5) is 15.0 Å². The molecule has 0 aliphatic rings. The second-order valence-corrected chi connectivity index (χ2v) is 3.01. The van der Waals surface area contributed by atoms with E-state index in [1.54, 1.807) is 0 Å². The summed E-state index contributed by atoms with van der Waals surface area (Å²) in [4.78, 5) is 13.9. The maximum Gasteiger partial charge on any atom is 0.404 e. The van der Waals surface area contributed by atoms with Crippen LogP contribution < -0.4 is 11.1 Å². The second kappa shape index (κ2) is 5.35. The Kier molecular flexibility index (Phi) is 4.11. The van der Waals surface area contributed by atoms with Crippen LogP contribution in [0, 0.1) is 5.82 Å². The van der Waals surface area contributed by atoms with Crippen molar-refractivity contribution in [3.05, 3.63) is 23.1 Å². The molecule has 3 N–H and O–H groups in total. The average Bonchev–Trinajstić information content (AvgIpc) is 2.14. The van der Waals surface area contributed by atoms with Crippen molar-refractivity contribution < 1.29 is 13.9 Å². The number of nitrogens with one attached hydrogen (secondary N) is 1. The number of anilines is 1. The maximum atomic E-state index is 13.1. The number of carbonyl (C=O) groups excluding carboxylic acids is 1. The number of pyridine rings is 1. The van der Waals surface area contributed by atoms with Crippen LogP contribution in [0.15, 0.2) is 12.3 Å². The molecule has 1 heterocycles. The van der Waals surface area contributed by atoms with Crippen LogP contribution in [0.2, 0.25) is 5.02 Å². The lowest BCUT2D eigenvalue weighted by atomic mass is 10.4. The predicted octanol–water partition coefficient (Wildman–Crippen LogP) is 1.38. The summed E-state index contributed by atoms with van der Waals surface area (Å²) < 4.78 is 17.5. The van der Waals surface area contributed by atoms with Gasteiger partial charge in [0.15, 0.2) is 11.6 Å². The van der Waals surface area contributed by atoms with Crippen LogP contribution in [-0.2, 0) is 4.74 Å². The minimum absolute atomic E-state index is 0.0408. The van der Waals surface area contributed by atoms with Gasteiger partial charge in [-0.15, -0.1) is 0 Å². The zero-order chi connectivity index (χ0) is 11.3. The van der Waals surface area contributed by atoms with E-state index in [-0.39, 0.29) is 24.0 Å². The van der Waals surface area contributed by atoms with E-state index in [4.69, 9.17) is 17.3 Å². The maximum absolute atomic E-state index is 13.1. The zero-order valence-corrected chi connectivity index (χ0v) is 8.42. The Labute approximate surface area is 90.4 Å². The molecule has 1 amide bonds. The molecule has 0 fully saturated rings. The average molecular weight is 234 g/mol. The number of aromatic nitrogens is 1. The van der Waals surface area contributed by atoms with Gasteiger partial charge in [0.1, 0.15) is 6.61 Å². The largest absolute Gasteiger partial charge is 0.448 e. The van der Waals surface area contributed by atoms with Crippen molar-refractivity contribution in [2.45, 2.75) is 0 Å². The molecule has 0 radical (unpaired) electrons. The van der Waals surface area contributed by atoms with E-state index >= 15 is 0 Å². The molecule has 82 valence electrons. The summed E-state index contributed by atoms with van der Waals surface area (Å²) in [5, 5.41) is 2.83. The summed E-state index contributed by atoms with van der Waals surface area (Å²) in [5.41, 5.74) is 4.73. The minimum Gasteiger partial charge on any atom is -0.448 e. The van der Waals surface area contributed by atoms with E-state index in [1.165, 1.54) is 6.20 Å². The number of hydrogen-bond acceptors (Lipinski definition) is 4. The van der Waals surface area contributed by atoms with Crippen LogP contribution in [0.25, 0.3) is 0 Å². The molecular formula is C8H9ClFN3O2. The molecule has 0 unspecified atom stereocenters. The number of ether oxygens (including phenoxy) is 1. The first kappa shape index (κ1) is 11.5. The normalized spacial score (nSPS) is 9.73. The fraction of sp³-hybridized carbons (Fsp3) is 0.250. The zero-order valence-electron chi connectivity index (χ0n) is 7.67. The number of rotatable bonds is 4. The summed E-state index contributed by atoms with van der Waals surface area (Å²) in [6, 6.07) is 1.13. The summed E-state index contributed by atoms with van der Waals surface area (Å²) >= 11 is 5.50. The highest BCUT2D eigenvalue weighted by Gasteiger charge is 2.03. The number of nitrogens with two attached hydrogens (primary N) is 1. The van der Waals surface area contributed by atoms with Crippen molar-refractivity contribution in [3.8, 4) is 0 Å². The Bertz CT molecular complexity index is 362. The van der Waals surface area contributed by atoms with Crippen LogP contribution >= 0.6 is 11.6 Å². The predicted molar refractivity (Wildman–Crippen MR) is 53.2 cm³/mol. The number of nitrogens with zero attached hydrogens (tertiary/aromatic N) is 1. The van der Waals surface area contributed by atoms with Gasteiger partial charge in [-0.25, -0.2) is 14.2 Å². The minimum atomic E-state index is -0.874. The Morgan fingerprint density at radius 3 is 3.07 bits per heavy atom. The molecular weight excluding hydrogens is 225 g/mol. The van der Waals surface area contributed by atoms with Crippen LogP contribution in [0.3, 0.4) is 0 Å². The number of primary amides is 1. The van der Waals surface area contributed by atoms with Crippen LogP contribution in [-0.4, -0.2) is 24.2 Å². The molecule has 1 aromatic rings. The van der Waals surface area contributed by atoms with E-state index < -0.39 is 11.9 Å². The third-order valence-electron chi connectivity index (χ3n) is 1.45. The summed E-state index contributed by atoms with van der Waals surface area (Å²) in [6.45, 7) is 0.258. The highest BCUT2D eigenvalue weighted by molar-refractivity contribution is 6.30. The van der Waals surface area contributed by atoms with Gasteiger partial charge in [0.05, 0.1) is 11.6 Å². The third kappa shape index (κ3) is 3.99. The first-order valence-electron chi connectivity index (χ1n) is 4.06. The molecule has 0 spiro atoms. The molecule has 0 aromatic carbocycles. The molecule has 0 saturated heterocycles. The molecule has 1 aromatic heterocycles. The van der Waals surface area contributed by atoms with Gasteiger partial charge in [-0.05, 0) is 6.07 Å². The standard InChI is InChI=1S/C8H9ClFN3O2/c9-5-3-6(10)7(13-4-5)12-1-2-15-8(11)14/h3-4H,1-2H2,(H2,11,14)(H,12,13). The highest BCUT2D eigenvalue weighted by Crippen LogP contribution is 2.14. The van der Waals surface area contributed by atoms with E-state index in [2.05, 4.69) is 15.0 Å². The van der Waals surface area contributed by atoms with Crippen molar-refractivity contribution in [1.29, 1.82) is 0 Å². The molecule has 0 aliphatic heterocycles. The second-order valence-electron chi connectivity index (χ2n) is 2.58. The van der Waals surface area contributed by atoms with Crippen molar-refractivity contribution in [2.75, 3.05) is 18.5 Å². The Balaban J connectivity index is 2.40. The fourth-order valence-electron chi connectivity index (χ4n) is 0.866. The topological polar surface area (TPSA) is 77.2 Å². The van der Waals surface area contributed by atoms with Gasteiger partial charge in [-0.3, -0.25) is 0 Å². The molecule has 0 atom stereocenters. The first-order valence-corrected chi connectivity index (χ1v) is 4.44. The molecule has 15 heavy (non-hydrogen) atoms. The van der Waals surface area contributed by atoms with Crippen LogP contribution in [0.1, 0.15) is 0 Å². The van der Waals surface area contributed by atoms with Crippen molar-refractivity contribution in [1.82, 2.24) is 4.98 Å². The molecule has 0 aliphatic carbocycles. The number of amides is 1. The highest BCUT2D eigenvalue weighted by atomic mass is 35.5. The molecule has 1 rings (SSSR count). The molecule has 7 heteroatoms. The van der Waals surface area contributed by atoms with Gasteiger partial charge in [0, 0.05) is 6.20 Å². The van der Waals surface area contributed by atoms with Crippen molar-refractivity contribution in [3.63, 3.8) is 0 Å². The Morgan fingerprint density at radius 1 is 1.73 bits per heavy atom. The number of carbonyl (C=O) groups is 1. The summed E-state index contributed by atoms with van der Waals surface area (Å²) in [7, 11) is 0. The van der Waals surface area contributed by atoms with Crippen molar-refractivity contribution >= 4 is 23.5 Å². The smallest absolute Gasteiger partial charge is 0.404 e. The Morgan fingerprint density at radius 2 is 2.47 bits per heavy atom. The summed E-state index contributed by atoms with van der Waals surface area (Å²) in [6.07, 6.45) is 0.434. The van der Waals surface area contributed by atoms with Crippen LogP contribution in [0.5, 0.6) is 0 Å². The third-order valence-corrected chi connectivity index (χ3v) is 1.65. The molecule has 0 bridgehead atoms. The number of halogens is 2. The lowest BCUT2D eigenvalue weighted by Crippen LogP contribution is -2.19. The van der Waals surface area contributed by atoms with Gasteiger partial charge in [0.25, 0.3) is 0 Å². The van der Waals surface area contributed by atoms with Crippen molar-refractivity contribution in [2.24, 2.45) is 5.73 Å². The van der Waals surface area contributed by atoms with E-state index in [1.807, 2.05) is 0 Å². The lowest BCUT2D eigenvalue weighted by molar-refractivity contribution is 0.161. The van der Waals surface area contributed by atoms with Gasteiger partial charge in [0.2, 0.25) is 0 Å². The Hall–Kier alpha value is -1.56. The van der Waals surface area contributed by atoms with Gasteiger partial charge in [-0.2, -0.15) is 0 Å². The quantitative estimate of drug-likeness (QED) is 0.771. The van der Waals surface area contributed by atoms with E-state index in [0.29, 0.717) is 0 Å². The van der Waals surface area contributed by atoms with Gasteiger partial charge < -0.3 is 15.8 Å². The van der Waals surface area contributed by atoms with Gasteiger partial charge >= 0.3 is 6.09 Å². The summed E-state index contributed by atoms with van der Waals surface area (Å²) in [5.74, 6) is -0.519. The SMILES string of the molecule is NC(=O)OCCNc1ncc(Cl)cc1F. The lowest BCUT2D eigenvalue weighted by Gasteiger charge is -2.06. The molecule has 5 nitrogen and oxygen atoms in total. The van der Waals surface area contributed by atoms with E-state index in [0.717, 1.165) is 6.07 Å². The van der Waals surface area contributed by atoms with E-state index in [9.17, 15) is 9.18 Å². The number of hydrogen-bond donors (Lipinski definition) is 2. The van der Waals surface area contributed by atoms with Gasteiger partial charge in [-0.1, -0.05) is 11.6 Å².